The van der Waals surface area contributed by atoms with Crippen LogP contribution in [0.15, 0.2) is 176 Å². The topological polar surface area (TPSA) is 4.93 Å². The van der Waals surface area contributed by atoms with Crippen molar-refractivity contribution in [2.75, 3.05) is 0 Å². The van der Waals surface area contributed by atoms with Gasteiger partial charge in [0.15, 0.2) is 0 Å². The van der Waals surface area contributed by atoms with E-state index in [0.717, 1.165) is 0 Å². The van der Waals surface area contributed by atoms with Gasteiger partial charge >= 0.3 is 0 Å². The van der Waals surface area contributed by atoms with Crippen LogP contribution in [0.4, 0.5) is 0 Å². The van der Waals surface area contributed by atoms with E-state index in [4.69, 9.17) is 0 Å². The number of para-hydroxylation sites is 1. The highest BCUT2D eigenvalue weighted by molar-refractivity contribution is 7.30. The molecule has 0 saturated heterocycles. The molecule has 0 fully saturated rings. The summed E-state index contributed by atoms with van der Waals surface area (Å²) in [4.78, 5) is 0. The SMILES string of the molecule is c1ccc(-n2c3ccc(-c4ccc5sc6cc7c(cc6c5c4)sc4ccccc47)cc3c3cc(-c4ccc5sc6c(ccc7sc8ccccc8c76)c5c4)ccc32)cc1. The molecule has 0 amide bonds. The van der Waals surface area contributed by atoms with Gasteiger partial charge in [0.25, 0.3) is 0 Å². The fourth-order valence-corrected chi connectivity index (χ4v) is 14.3. The van der Waals surface area contributed by atoms with Gasteiger partial charge < -0.3 is 4.57 Å². The summed E-state index contributed by atoms with van der Waals surface area (Å²) < 4.78 is 13.3. The van der Waals surface area contributed by atoms with E-state index >= 15 is 0 Å². The van der Waals surface area contributed by atoms with Gasteiger partial charge in [0.05, 0.1) is 11.0 Å². The molecule has 0 aliphatic carbocycles. The van der Waals surface area contributed by atoms with Crippen molar-refractivity contribution in [2.24, 2.45) is 0 Å². The Hall–Kier alpha value is -6.34. The second-order valence-corrected chi connectivity index (χ2v) is 19.9. The highest BCUT2D eigenvalue weighted by atomic mass is 32.1. The zero-order valence-corrected chi connectivity index (χ0v) is 34.6. The smallest absolute Gasteiger partial charge is 0.0541 e. The molecule has 14 aromatic rings. The van der Waals surface area contributed by atoms with Crippen molar-refractivity contribution in [1.82, 2.24) is 4.57 Å². The van der Waals surface area contributed by atoms with Crippen molar-refractivity contribution in [1.29, 1.82) is 0 Å². The second kappa shape index (κ2) is 12.1. The first-order valence-electron chi connectivity index (χ1n) is 19.9. The lowest BCUT2D eigenvalue weighted by molar-refractivity contribution is 1.18. The Labute approximate surface area is 353 Å². The Morgan fingerprint density at radius 1 is 0.271 bits per heavy atom. The van der Waals surface area contributed by atoms with E-state index in [9.17, 15) is 0 Å². The molecule has 0 aliphatic heterocycles. The molecule has 5 heterocycles. The van der Waals surface area contributed by atoms with Crippen molar-refractivity contribution < 1.29 is 0 Å². The van der Waals surface area contributed by atoms with Crippen molar-refractivity contribution in [3.63, 3.8) is 0 Å². The summed E-state index contributed by atoms with van der Waals surface area (Å²) in [6.45, 7) is 0. The van der Waals surface area contributed by atoms with E-state index < -0.39 is 0 Å². The molecular formula is C54H29NS4. The summed E-state index contributed by atoms with van der Waals surface area (Å²) in [6, 6.07) is 66.2. The lowest BCUT2D eigenvalue weighted by atomic mass is 9.98. The van der Waals surface area contributed by atoms with Gasteiger partial charge in [0, 0.05) is 97.1 Å². The van der Waals surface area contributed by atoms with Gasteiger partial charge in [0.2, 0.25) is 0 Å². The number of nitrogens with zero attached hydrogens (tertiary/aromatic N) is 1. The third-order valence-corrected chi connectivity index (χ3v) is 17.0. The number of rotatable bonds is 3. The maximum absolute atomic E-state index is 2.43. The summed E-state index contributed by atoms with van der Waals surface area (Å²) in [5.41, 5.74) is 8.56. The van der Waals surface area contributed by atoms with Crippen LogP contribution in [0, 0.1) is 0 Å². The molecule has 0 bridgehead atoms. The van der Waals surface area contributed by atoms with Crippen molar-refractivity contribution in [3.8, 4) is 27.9 Å². The van der Waals surface area contributed by atoms with Crippen LogP contribution in [0.1, 0.15) is 0 Å². The first-order chi connectivity index (χ1) is 29.2. The van der Waals surface area contributed by atoms with E-state index in [1.165, 1.54) is 130 Å². The van der Waals surface area contributed by atoms with Gasteiger partial charge in [-0.2, -0.15) is 0 Å². The van der Waals surface area contributed by atoms with Gasteiger partial charge in [-0.05, 0) is 113 Å². The average molecular weight is 820 g/mol. The van der Waals surface area contributed by atoms with Gasteiger partial charge in [-0.15, -0.1) is 45.3 Å². The highest BCUT2D eigenvalue weighted by Crippen LogP contribution is 2.47. The first kappa shape index (κ1) is 32.6. The number of thiophene rings is 4. The lowest BCUT2D eigenvalue weighted by Crippen LogP contribution is -1.93. The van der Waals surface area contributed by atoms with Crippen LogP contribution in [0.5, 0.6) is 0 Å². The van der Waals surface area contributed by atoms with Crippen LogP contribution < -0.4 is 0 Å². The van der Waals surface area contributed by atoms with Gasteiger partial charge in [-0.25, -0.2) is 0 Å². The van der Waals surface area contributed by atoms with Gasteiger partial charge in [0.1, 0.15) is 0 Å². The highest BCUT2D eigenvalue weighted by Gasteiger charge is 2.18. The van der Waals surface area contributed by atoms with E-state index in [1.54, 1.807) is 0 Å². The van der Waals surface area contributed by atoms with Gasteiger partial charge in [-0.1, -0.05) is 84.9 Å². The van der Waals surface area contributed by atoms with Crippen LogP contribution in [0.25, 0.3) is 130 Å². The Morgan fingerprint density at radius 2 is 0.729 bits per heavy atom. The van der Waals surface area contributed by atoms with Crippen LogP contribution in [0.2, 0.25) is 0 Å². The Kier molecular flexibility index (Phi) is 6.69. The fraction of sp³-hybridized carbons (Fsp3) is 0. The fourth-order valence-electron chi connectivity index (χ4n) is 9.63. The number of hydrogen-bond donors (Lipinski definition) is 0. The first-order valence-corrected chi connectivity index (χ1v) is 23.2. The second-order valence-electron chi connectivity index (χ2n) is 15.6. The summed E-state index contributed by atoms with van der Waals surface area (Å²) in [5, 5.41) is 13.4. The van der Waals surface area contributed by atoms with E-state index in [-0.39, 0.29) is 0 Å². The summed E-state index contributed by atoms with van der Waals surface area (Å²) in [7, 11) is 0. The Morgan fingerprint density at radius 3 is 1.41 bits per heavy atom. The molecule has 0 N–H and O–H groups in total. The van der Waals surface area contributed by atoms with Crippen LogP contribution in [0.3, 0.4) is 0 Å². The molecule has 0 aliphatic rings. The van der Waals surface area contributed by atoms with Crippen LogP contribution in [-0.4, -0.2) is 4.57 Å². The van der Waals surface area contributed by atoms with E-state index in [2.05, 4.69) is 180 Å². The monoisotopic (exact) mass is 819 g/mol. The number of benzene rings is 9. The number of fused-ring (bicyclic) bond motifs is 16. The molecule has 0 atom stereocenters. The Balaban J connectivity index is 0.945. The summed E-state index contributed by atoms with van der Waals surface area (Å²) >= 11 is 7.62. The molecule has 0 spiro atoms. The molecule has 59 heavy (non-hydrogen) atoms. The maximum atomic E-state index is 2.43. The van der Waals surface area contributed by atoms with E-state index in [0.29, 0.717) is 0 Å². The summed E-state index contributed by atoms with van der Waals surface area (Å²) in [6.07, 6.45) is 0. The molecule has 0 radical (unpaired) electrons. The normalized spacial score (nSPS) is 12.4. The number of aromatic nitrogens is 1. The largest absolute Gasteiger partial charge is 0.309 e. The predicted octanol–water partition coefficient (Wildman–Crippen LogP) is 17.6. The third kappa shape index (κ3) is 4.70. The summed E-state index contributed by atoms with van der Waals surface area (Å²) in [5.74, 6) is 0. The molecule has 9 aromatic carbocycles. The molecule has 1 nitrogen and oxygen atoms in total. The molecule has 5 heteroatoms. The molecule has 274 valence electrons. The van der Waals surface area contributed by atoms with Crippen molar-refractivity contribution in [2.45, 2.75) is 0 Å². The van der Waals surface area contributed by atoms with Crippen molar-refractivity contribution >= 4 is 148 Å². The minimum Gasteiger partial charge on any atom is -0.309 e. The standard InChI is InChI=1S/C54H29NS4/c1-2-8-34(9-3-1)55-44-19-14-30(32-17-22-49-40(26-32)36-18-23-50-53(54(36)59-49)37-11-5-7-13-47(37)56-50)24-38(44)39-25-31(15-20-45(39)55)33-16-21-48-41(27-33)43-29-51-42(28-52(43)58-48)35-10-4-6-12-46(35)57-51/h1-29H. The van der Waals surface area contributed by atoms with Crippen molar-refractivity contribution in [3.05, 3.63) is 176 Å². The van der Waals surface area contributed by atoms with Crippen LogP contribution in [-0.2, 0) is 0 Å². The van der Waals surface area contributed by atoms with Gasteiger partial charge in [-0.3, -0.25) is 0 Å². The minimum absolute atomic E-state index is 1.17. The zero-order valence-electron chi connectivity index (χ0n) is 31.3. The van der Waals surface area contributed by atoms with Crippen LogP contribution >= 0.6 is 45.3 Å². The Bertz CT molecular complexity index is 4080. The average Bonchev–Trinajstić information content (AvgIpc) is 4.10. The number of hydrogen-bond acceptors (Lipinski definition) is 4. The third-order valence-electron chi connectivity index (χ3n) is 12.4. The maximum Gasteiger partial charge on any atom is 0.0541 e. The molecule has 5 aromatic heterocycles. The van der Waals surface area contributed by atoms with E-state index in [1.807, 2.05) is 45.3 Å². The lowest BCUT2D eigenvalue weighted by Gasteiger charge is -2.09. The molecule has 0 unspecified atom stereocenters. The zero-order chi connectivity index (χ0) is 38.3. The minimum atomic E-state index is 1.17. The quantitative estimate of drug-likeness (QED) is 0.167. The predicted molar refractivity (Wildman–Crippen MR) is 263 cm³/mol. The molecule has 0 saturated carbocycles. The molecular weight excluding hydrogens is 791 g/mol. The molecule has 14 rings (SSSR count).